The van der Waals surface area contributed by atoms with E-state index in [-0.39, 0.29) is 11.7 Å². The molecular weight excluding hydrogens is 443 g/mol. The highest BCUT2D eigenvalue weighted by Gasteiger charge is 2.16. The Labute approximate surface area is 187 Å². The first-order chi connectivity index (χ1) is 14.5. The Morgan fingerprint density at radius 1 is 1.13 bits per heavy atom. The Bertz CT molecular complexity index is 1190. The van der Waals surface area contributed by atoms with E-state index in [2.05, 4.69) is 15.5 Å². The zero-order valence-electron chi connectivity index (χ0n) is 15.8. The van der Waals surface area contributed by atoms with Crippen molar-refractivity contribution >= 4 is 46.7 Å². The molecule has 0 bridgehead atoms. The molecule has 2 aromatic carbocycles. The minimum atomic E-state index is -0.202. The molecule has 152 valence electrons. The van der Waals surface area contributed by atoms with E-state index in [9.17, 15) is 4.79 Å². The van der Waals surface area contributed by atoms with Gasteiger partial charge in [0.2, 0.25) is 5.91 Å². The van der Waals surface area contributed by atoms with Gasteiger partial charge in [-0.05, 0) is 31.2 Å². The van der Waals surface area contributed by atoms with Gasteiger partial charge in [0.1, 0.15) is 5.76 Å². The summed E-state index contributed by atoms with van der Waals surface area (Å²) >= 11 is 13.6. The highest BCUT2D eigenvalue weighted by atomic mass is 35.5. The number of benzene rings is 2. The lowest BCUT2D eigenvalue weighted by Crippen LogP contribution is -2.14. The maximum atomic E-state index is 12.3. The summed E-state index contributed by atoms with van der Waals surface area (Å²) in [4.78, 5) is 16.9. The number of anilines is 1. The van der Waals surface area contributed by atoms with Crippen molar-refractivity contribution in [2.45, 2.75) is 12.1 Å². The second-order valence-corrected chi connectivity index (χ2v) is 8.14. The molecule has 0 spiro atoms. The van der Waals surface area contributed by atoms with E-state index in [0.717, 1.165) is 16.9 Å². The smallest absolute Gasteiger partial charge is 0.236 e. The van der Waals surface area contributed by atoms with E-state index in [1.165, 1.54) is 11.8 Å². The van der Waals surface area contributed by atoms with Crippen molar-refractivity contribution in [3.63, 3.8) is 0 Å². The van der Waals surface area contributed by atoms with Crippen molar-refractivity contribution in [1.29, 1.82) is 0 Å². The number of amides is 1. The van der Waals surface area contributed by atoms with Gasteiger partial charge in [-0.3, -0.25) is 9.36 Å². The second kappa shape index (κ2) is 8.95. The summed E-state index contributed by atoms with van der Waals surface area (Å²) in [6, 6.07) is 16.9. The van der Waals surface area contributed by atoms with Crippen LogP contribution < -0.4 is 5.32 Å². The molecule has 2 heterocycles. The van der Waals surface area contributed by atoms with Crippen LogP contribution in [-0.4, -0.2) is 26.4 Å². The molecular formula is C21H16Cl2N4O2S. The number of imidazole rings is 1. The number of rotatable bonds is 6. The lowest BCUT2D eigenvalue weighted by molar-refractivity contribution is -0.113. The summed E-state index contributed by atoms with van der Waals surface area (Å²) in [6.07, 6.45) is 1.76. The van der Waals surface area contributed by atoms with E-state index < -0.39 is 0 Å². The lowest BCUT2D eigenvalue weighted by atomic mass is 10.1. The van der Waals surface area contributed by atoms with Crippen LogP contribution in [0.2, 0.25) is 10.0 Å². The fourth-order valence-corrected chi connectivity index (χ4v) is 3.95. The number of hydrogen-bond donors (Lipinski definition) is 1. The number of aromatic nitrogens is 3. The molecule has 2 aromatic heterocycles. The first-order valence-corrected chi connectivity index (χ1v) is 10.7. The molecule has 0 radical (unpaired) electrons. The molecule has 1 amide bonds. The van der Waals surface area contributed by atoms with Gasteiger partial charge in [-0.1, -0.05) is 64.4 Å². The average molecular weight is 459 g/mol. The zero-order chi connectivity index (χ0) is 21.1. The Hall–Kier alpha value is -2.74. The maximum absolute atomic E-state index is 12.3. The molecule has 30 heavy (non-hydrogen) atoms. The van der Waals surface area contributed by atoms with Crippen LogP contribution in [0.25, 0.3) is 16.9 Å². The van der Waals surface area contributed by atoms with Gasteiger partial charge < -0.3 is 9.84 Å². The molecule has 4 rings (SSSR count). The summed E-state index contributed by atoms with van der Waals surface area (Å²) < 4.78 is 6.95. The quantitative estimate of drug-likeness (QED) is 0.365. The molecule has 9 heteroatoms. The third-order valence-electron chi connectivity index (χ3n) is 4.19. The Balaban J connectivity index is 1.62. The molecule has 0 atom stereocenters. The number of carbonyl (C=O) groups excluding carboxylic acids is 1. The zero-order valence-corrected chi connectivity index (χ0v) is 18.1. The summed E-state index contributed by atoms with van der Waals surface area (Å²) in [7, 11) is 0. The van der Waals surface area contributed by atoms with E-state index >= 15 is 0 Å². The molecule has 0 fully saturated rings. The maximum Gasteiger partial charge on any atom is 0.236 e. The molecule has 4 aromatic rings. The number of thioether (sulfide) groups is 1. The van der Waals surface area contributed by atoms with E-state index in [1.807, 2.05) is 41.0 Å². The van der Waals surface area contributed by atoms with Crippen LogP contribution in [0.15, 0.2) is 70.5 Å². The van der Waals surface area contributed by atoms with Gasteiger partial charge in [-0.15, -0.1) is 0 Å². The SMILES string of the molecule is Cc1cc(NC(=O)CSc2ncc(-c3ccc(Cl)c(Cl)c3)n2-c2ccccc2)no1. The number of para-hydroxylation sites is 1. The Morgan fingerprint density at radius 2 is 1.93 bits per heavy atom. The molecule has 0 saturated carbocycles. The van der Waals surface area contributed by atoms with Gasteiger partial charge in [-0.2, -0.15) is 0 Å². The third-order valence-corrected chi connectivity index (χ3v) is 5.88. The van der Waals surface area contributed by atoms with Gasteiger partial charge in [0, 0.05) is 17.3 Å². The van der Waals surface area contributed by atoms with Crippen molar-refractivity contribution in [3.05, 3.63) is 76.6 Å². The number of hydrogen-bond acceptors (Lipinski definition) is 5. The first-order valence-electron chi connectivity index (χ1n) is 8.96. The Morgan fingerprint density at radius 3 is 2.63 bits per heavy atom. The summed E-state index contributed by atoms with van der Waals surface area (Å²) in [6.45, 7) is 1.76. The van der Waals surface area contributed by atoms with Crippen molar-refractivity contribution in [2.24, 2.45) is 0 Å². The van der Waals surface area contributed by atoms with Gasteiger partial charge in [-0.25, -0.2) is 4.98 Å². The number of nitrogens with one attached hydrogen (secondary N) is 1. The van der Waals surface area contributed by atoms with Crippen LogP contribution in [0.5, 0.6) is 0 Å². The first kappa shape index (κ1) is 20.5. The number of aryl methyl sites for hydroxylation is 1. The van der Waals surface area contributed by atoms with Gasteiger partial charge in [0.25, 0.3) is 0 Å². The number of carbonyl (C=O) groups is 1. The molecule has 0 unspecified atom stereocenters. The molecule has 1 N–H and O–H groups in total. The van der Waals surface area contributed by atoms with Gasteiger partial charge >= 0.3 is 0 Å². The van der Waals surface area contributed by atoms with Crippen molar-refractivity contribution in [2.75, 3.05) is 11.1 Å². The largest absolute Gasteiger partial charge is 0.360 e. The predicted octanol–water partition coefficient (Wildman–Crippen LogP) is 5.87. The highest BCUT2D eigenvalue weighted by Crippen LogP contribution is 2.33. The minimum Gasteiger partial charge on any atom is -0.360 e. The second-order valence-electron chi connectivity index (χ2n) is 6.39. The minimum absolute atomic E-state index is 0.163. The lowest BCUT2D eigenvalue weighted by Gasteiger charge is -2.12. The Kier molecular flexibility index (Phi) is 6.13. The normalized spacial score (nSPS) is 10.9. The van der Waals surface area contributed by atoms with E-state index in [1.54, 1.807) is 31.3 Å². The van der Waals surface area contributed by atoms with Crippen molar-refractivity contribution in [1.82, 2.24) is 14.7 Å². The van der Waals surface area contributed by atoms with Crippen LogP contribution in [0.4, 0.5) is 5.82 Å². The molecule has 0 saturated heterocycles. The van der Waals surface area contributed by atoms with Crippen molar-refractivity contribution in [3.8, 4) is 16.9 Å². The third kappa shape index (κ3) is 4.53. The molecule has 6 nitrogen and oxygen atoms in total. The highest BCUT2D eigenvalue weighted by molar-refractivity contribution is 7.99. The monoisotopic (exact) mass is 458 g/mol. The van der Waals surface area contributed by atoms with Crippen LogP contribution in [0, 0.1) is 6.92 Å². The molecule has 0 aliphatic carbocycles. The predicted molar refractivity (Wildman–Crippen MR) is 120 cm³/mol. The van der Waals surface area contributed by atoms with E-state index in [0.29, 0.717) is 26.8 Å². The van der Waals surface area contributed by atoms with Crippen LogP contribution in [0.3, 0.4) is 0 Å². The van der Waals surface area contributed by atoms with Gasteiger partial charge in [0.15, 0.2) is 11.0 Å². The topological polar surface area (TPSA) is 73.0 Å². The van der Waals surface area contributed by atoms with Crippen LogP contribution in [-0.2, 0) is 4.79 Å². The standard InChI is InChI=1S/C21H16Cl2N4O2S/c1-13-9-19(26-29-13)25-20(28)12-30-21-24-11-18(14-7-8-16(22)17(23)10-14)27(21)15-5-3-2-4-6-15/h2-11H,12H2,1H3,(H,25,26,28). The fraction of sp³-hybridized carbons (Fsp3) is 0.0952. The van der Waals surface area contributed by atoms with Gasteiger partial charge in [0.05, 0.1) is 27.7 Å². The summed E-state index contributed by atoms with van der Waals surface area (Å²) in [5, 5.41) is 8.11. The number of nitrogens with zero attached hydrogens (tertiary/aromatic N) is 3. The molecule has 0 aliphatic heterocycles. The summed E-state index contributed by atoms with van der Waals surface area (Å²) in [5.41, 5.74) is 2.64. The van der Waals surface area contributed by atoms with Crippen molar-refractivity contribution < 1.29 is 9.32 Å². The van der Waals surface area contributed by atoms with Crippen LogP contribution in [0.1, 0.15) is 5.76 Å². The molecule has 0 aliphatic rings. The fourth-order valence-electron chi connectivity index (χ4n) is 2.86. The van der Waals surface area contributed by atoms with E-state index in [4.69, 9.17) is 27.7 Å². The average Bonchev–Trinajstić information content (AvgIpc) is 3.35. The number of halogens is 2. The summed E-state index contributed by atoms with van der Waals surface area (Å²) in [5.74, 6) is 0.980. The van der Waals surface area contributed by atoms with Crippen LogP contribution >= 0.6 is 35.0 Å².